The van der Waals surface area contributed by atoms with Crippen molar-refractivity contribution < 1.29 is 18.4 Å². The van der Waals surface area contributed by atoms with Gasteiger partial charge in [-0.05, 0) is 6.07 Å². The smallest absolute Gasteiger partial charge is 0.203 e. The van der Waals surface area contributed by atoms with Crippen LogP contribution in [0.4, 0.5) is 0 Å². The van der Waals surface area contributed by atoms with E-state index in [1.54, 1.807) is 0 Å². The Balaban J connectivity index is 2.55. The van der Waals surface area contributed by atoms with Crippen molar-refractivity contribution in [3.8, 4) is 0 Å². The predicted octanol–water partition coefficient (Wildman–Crippen LogP) is 1.52. The van der Waals surface area contributed by atoms with Crippen LogP contribution in [0.5, 0.6) is 0 Å². The van der Waals surface area contributed by atoms with E-state index < -0.39 is 10.9 Å². The van der Waals surface area contributed by atoms with Gasteiger partial charge in [0.15, 0.2) is 12.6 Å². The molecule has 0 N–H and O–H groups in total. The molecule has 0 aliphatic rings. The summed E-state index contributed by atoms with van der Waals surface area (Å²) in [4.78, 5) is 45.4. The van der Waals surface area contributed by atoms with Gasteiger partial charge in [-0.1, -0.05) is 0 Å². The van der Waals surface area contributed by atoms with Gasteiger partial charge < -0.3 is 8.83 Å². The van der Waals surface area contributed by atoms with Crippen molar-refractivity contribution in [1.29, 1.82) is 0 Å². The topological polar surface area (TPSA) is 94.6 Å². The highest BCUT2D eigenvalue weighted by Gasteiger charge is 2.12. The standard InChI is InChI=1S/C14H6O6/c15-3-7-5-19-11-2-12-10(1-9(11)13(7)17)14(18)8(4-16)6-20-12/h1-6H. The van der Waals surface area contributed by atoms with Crippen molar-refractivity contribution in [1.82, 2.24) is 0 Å². The van der Waals surface area contributed by atoms with Crippen molar-refractivity contribution in [2.45, 2.75) is 0 Å². The zero-order valence-corrected chi connectivity index (χ0v) is 9.91. The molecule has 6 heteroatoms. The lowest BCUT2D eigenvalue weighted by atomic mass is 10.1. The second-order valence-electron chi connectivity index (χ2n) is 4.12. The highest BCUT2D eigenvalue weighted by molar-refractivity contribution is 5.95. The minimum atomic E-state index is -0.543. The van der Waals surface area contributed by atoms with E-state index in [2.05, 4.69) is 0 Å². The van der Waals surface area contributed by atoms with Crippen LogP contribution in [0.2, 0.25) is 0 Å². The first kappa shape index (κ1) is 12.0. The van der Waals surface area contributed by atoms with Crippen molar-refractivity contribution in [3.63, 3.8) is 0 Å². The number of carbonyl (C=O) groups excluding carboxylic acids is 2. The molecule has 0 aliphatic heterocycles. The van der Waals surface area contributed by atoms with Gasteiger partial charge in [-0.2, -0.15) is 0 Å². The van der Waals surface area contributed by atoms with Crippen LogP contribution in [0, 0.1) is 0 Å². The van der Waals surface area contributed by atoms with Crippen LogP contribution in [0.1, 0.15) is 20.7 Å². The van der Waals surface area contributed by atoms with Crippen LogP contribution in [-0.4, -0.2) is 12.6 Å². The number of carbonyl (C=O) groups is 2. The molecule has 2 aromatic heterocycles. The summed E-state index contributed by atoms with van der Waals surface area (Å²) < 4.78 is 10.3. The highest BCUT2D eigenvalue weighted by Crippen LogP contribution is 2.19. The third-order valence-corrected chi connectivity index (χ3v) is 2.98. The first-order chi connectivity index (χ1) is 9.65. The first-order valence-corrected chi connectivity index (χ1v) is 5.57. The van der Waals surface area contributed by atoms with Crippen molar-refractivity contribution >= 4 is 34.5 Å². The van der Waals surface area contributed by atoms with E-state index in [4.69, 9.17) is 8.83 Å². The molecule has 0 atom stereocenters. The zero-order valence-electron chi connectivity index (χ0n) is 9.91. The van der Waals surface area contributed by atoms with Gasteiger partial charge in [-0.15, -0.1) is 0 Å². The normalized spacial score (nSPS) is 10.8. The Morgan fingerprint density at radius 2 is 1.20 bits per heavy atom. The molecule has 0 fully saturated rings. The van der Waals surface area contributed by atoms with Crippen LogP contribution < -0.4 is 10.9 Å². The fourth-order valence-corrected chi connectivity index (χ4v) is 1.95. The largest absolute Gasteiger partial charge is 0.463 e. The lowest BCUT2D eigenvalue weighted by Crippen LogP contribution is -2.11. The molecule has 1 aromatic carbocycles. The number of rotatable bonds is 2. The van der Waals surface area contributed by atoms with Crippen LogP contribution >= 0.6 is 0 Å². The SMILES string of the molecule is O=Cc1coc2cc3occ(C=O)c(=O)c3cc2c1=O. The molecule has 0 spiro atoms. The summed E-state index contributed by atoms with van der Waals surface area (Å²) in [6.07, 6.45) is 2.84. The Morgan fingerprint density at radius 3 is 1.60 bits per heavy atom. The summed E-state index contributed by atoms with van der Waals surface area (Å²) in [5.74, 6) is 0. The molecule has 0 saturated heterocycles. The van der Waals surface area contributed by atoms with E-state index in [1.807, 2.05) is 0 Å². The average Bonchev–Trinajstić information content (AvgIpc) is 2.47. The van der Waals surface area contributed by atoms with Crippen molar-refractivity contribution in [2.24, 2.45) is 0 Å². The van der Waals surface area contributed by atoms with Gasteiger partial charge in [0.05, 0.1) is 21.9 Å². The van der Waals surface area contributed by atoms with Crippen LogP contribution in [-0.2, 0) is 0 Å². The maximum atomic E-state index is 12.0. The quantitative estimate of drug-likeness (QED) is 0.517. The number of benzene rings is 1. The summed E-state index contributed by atoms with van der Waals surface area (Å²) >= 11 is 0. The third-order valence-electron chi connectivity index (χ3n) is 2.98. The number of aldehydes is 2. The van der Waals surface area contributed by atoms with Crippen molar-refractivity contribution in [3.05, 3.63) is 56.2 Å². The molecule has 0 unspecified atom stereocenters. The lowest BCUT2D eigenvalue weighted by molar-refractivity contribution is 0.111. The van der Waals surface area contributed by atoms with Gasteiger partial charge in [0.2, 0.25) is 10.9 Å². The minimum Gasteiger partial charge on any atom is -0.463 e. The van der Waals surface area contributed by atoms with Gasteiger partial charge in [0.1, 0.15) is 23.7 Å². The van der Waals surface area contributed by atoms with E-state index in [1.165, 1.54) is 12.1 Å². The summed E-state index contributed by atoms with van der Waals surface area (Å²) in [5, 5.41) is 0.162. The number of hydrogen-bond donors (Lipinski definition) is 0. The van der Waals surface area contributed by atoms with E-state index in [-0.39, 0.29) is 33.1 Å². The Kier molecular flexibility index (Phi) is 2.57. The number of hydrogen-bond acceptors (Lipinski definition) is 6. The highest BCUT2D eigenvalue weighted by atomic mass is 16.3. The molecule has 98 valence electrons. The van der Waals surface area contributed by atoms with E-state index >= 15 is 0 Å². The van der Waals surface area contributed by atoms with Gasteiger partial charge in [0.25, 0.3) is 0 Å². The molecule has 0 saturated carbocycles. The van der Waals surface area contributed by atoms with Crippen molar-refractivity contribution in [2.75, 3.05) is 0 Å². The molecule has 2 heterocycles. The average molecular weight is 270 g/mol. The van der Waals surface area contributed by atoms with Gasteiger partial charge >= 0.3 is 0 Å². The predicted molar refractivity (Wildman–Crippen MR) is 69.3 cm³/mol. The summed E-state index contributed by atoms with van der Waals surface area (Å²) in [5.41, 5.74) is -0.996. The fraction of sp³-hybridized carbons (Fsp3) is 0. The number of fused-ring (bicyclic) bond motifs is 2. The Labute approximate surface area is 110 Å². The molecule has 6 nitrogen and oxygen atoms in total. The lowest BCUT2D eigenvalue weighted by Gasteiger charge is -2.01. The van der Waals surface area contributed by atoms with E-state index in [0.717, 1.165) is 12.5 Å². The van der Waals surface area contributed by atoms with Gasteiger partial charge in [-0.3, -0.25) is 19.2 Å². The summed E-state index contributed by atoms with van der Waals surface area (Å²) in [6, 6.07) is 2.64. The third kappa shape index (κ3) is 1.58. The molecule has 3 aromatic rings. The molecule has 0 amide bonds. The Bertz CT molecular complexity index is 900. The molecular formula is C14H6O6. The zero-order chi connectivity index (χ0) is 14.3. The van der Waals surface area contributed by atoms with Crippen LogP contribution in [0.25, 0.3) is 21.9 Å². The van der Waals surface area contributed by atoms with Crippen LogP contribution in [0.3, 0.4) is 0 Å². The second-order valence-corrected chi connectivity index (χ2v) is 4.12. The Hall–Kier alpha value is -3.02. The van der Waals surface area contributed by atoms with E-state index in [9.17, 15) is 19.2 Å². The molecule has 20 heavy (non-hydrogen) atoms. The summed E-state index contributed by atoms with van der Waals surface area (Å²) in [6.45, 7) is 0. The molecule has 0 radical (unpaired) electrons. The Morgan fingerprint density at radius 1 is 0.750 bits per heavy atom. The minimum absolute atomic E-state index is 0.0810. The second kappa shape index (κ2) is 4.27. The monoisotopic (exact) mass is 270 g/mol. The first-order valence-electron chi connectivity index (χ1n) is 5.57. The van der Waals surface area contributed by atoms with Gasteiger partial charge in [-0.25, -0.2) is 0 Å². The van der Waals surface area contributed by atoms with E-state index in [0.29, 0.717) is 12.6 Å². The molecule has 0 aliphatic carbocycles. The summed E-state index contributed by atoms with van der Waals surface area (Å²) in [7, 11) is 0. The van der Waals surface area contributed by atoms with Crippen LogP contribution in [0.15, 0.2) is 43.1 Å². The molecule has 0 bridgehead atoms. The maximum absolute atomic E-state index is 12.0. The fourth-order valence-electron chi connectivity index (χ4n) is 1.95. The maximum Gasteiger partial charge on any atom is 0.203 e. The molecular weight excluding hydrogens is 264 g/mol. The molecule has 3 rings (SSSR count). The van der Waals surface area contributed by atoms with Gasteiger partial charge in [0, 0.05) is 6.07 Å².